The quantitative estimate of drug-likeness (QED) is 0.439. The third-order valence-corrected chi connectivity index (χ3v) is 7.44. The zero-order chi connectivity index (χ0) is 27.8. The van der Waals surface area contributed by atoms with Crippen molar-refractivity contribution in [3.05, 3.63) is 70.5 Å². The van der Waals surface area contributed by atoms with E-state index in [2.05, 4.69) is 0 Å². The predicted octanol–water partition coefficient (Wildman–Crippen LogP) is 6.45. The molecule has 2 aliphatic rings. The zero-order valence-electron chi connectivity index (χ0n) is 20.7. The third-order valence-electron chi connectivity index (χ3n) is 7.44. The van der Waals surface area contributed by atoms with Crippen molar-refractivity contribution < 1.29 is 40.3 Å². The molecule has 0 bridgehead atoms. The van der Waals surface area contributed by atoms with Crippen LogP contribution in [0.2, 0.25) is 0 Å². The number of halogens is 7. The van der Waals surface area contributed by atoms with Crippen molar-refractivity contribution in [2.24, 2.45) is 11.7 Å². The molecule has 4 rings (SSSR count). The number of ether oxygens (including phenoxy) is 1. The summed E-state index contributed by atoms with van der Waals surface area (Å²) in [4.78, 5) is 14.8. The predicted molar refractivity (Wildman–Crippen MR) is 125 cm³/mol. The number of hydrogen-bond donors (Lipinski definition) is 1. The topological polar surface area (TPSA) is 55.6 Å². The Morgan fingerprint density at radius 1 is 0.974 bits per heavy atom. The molecule has 0 unspecified atom stereocenters. The van der Waals surface area contributed by atoms with E-state index in [1.807, 2.05) is 0 Å². The first-order chi connectivity index (χ1) is 17.7. The van der Waals surface area contributed by atoms with E-state index < -0.39 is 47.4 Å². The number of hydrogen-bond acceptors (Lipinski definition) is 3. The fourth-order valence-electron chi connectivity index (χ4n) is 5.38. The average Bonchev–Trinajstić information content (AvgIpc) is 3.29. The molecule has 4 nitrogen and oxygen atoms in total. The minimum absolute atomic E-state index is 0.0346. The molecular weight excluding hydrogens is 517 g/mol. The summed E-state index contributed by atoms with van der Waals surface area (Å²) in [6.07, 6.45) is -9.35. The van der Waals surface area contributed by atoms with Gasteiger partial charge in [-0.3, -0.25) is 4.79 Å². The number of nitrogens with two attached hydrogens (primary N) is 1. The summed E-state index contributed by atoms with van der Waals surface area (Å²) >= 11 is 0. The molecule has 1 heterocycles. The maximum absolute atomic E-state index is 13.6. The molecule has 5 atom stereocenters. The molecule has 0 radical (unpaired) electrons. The molecular formula is C27H29F7N2O2. The SMILES string of the molecule is C[C@@H](O[C@H]1CCN(C(=O)[C@@H]2CC[C@H](N)C2)C[C@@H]1c1ccc(F)cc1)c1cc(C(F)(F)F)cc(C(F)(F)F)c1. The summed E-state index contributed by atoms with van der Waals surface area (Å²) in [7, 11) is 0. The second kappa shape index (κ2) is 10.8. The van der Waals surface area contributed by atoms with Crippen LogP contribution in [0.1, 0.15) is 66.9 Å². The van der Waals surface area contributed by atoms with E-state index in [0.29, 0.717) is 43.5 Å². The van der Waals surface area contributed by atoms with Gasteiger partial charge >= 0.3 is 12.4 Å². The van der Waals surface area contributed by atoms with Crippen LogP contribution in [0.15, 0.2) is 42.5 Å². The molecule has 208 valence electrons. The molecule has 1 saturated carbocycles. The standard InChI is InChI=1S/C27H29F7N2O2/c1-15(18-10-19(26(29,30)31)13-20(11-18)27(32,33)34)38-24-8-9-36(25(37)17-4-7-22(35)12-17)14-23(24)16-2-5-21(28)6-3-16/h2-3,5-6,10-11,13,15,17,22-24H,4,7-9,12,14,35H2,1H3/t15-,17-,22+,23-,24+/m1/s1. The molecule has 2 N–H and O–H groups in total. The molecule has 2 aromatic rings. The smallest absolute Gasteiger partial charge is 0.370 e. The van der Waals surface area contributed by atoms with Gasteiger partial charge in [-0.05, 0) is 74.1 Å². The number of piperidine rings is 1. The van der Waals surface area contributed by atoms with Gasteiger partial charge in [-0.2, -0.15) is 26.3 Å². The van der Waals surface area contributed by atoms with Crippen molar-refractivity contribution in [2.75, 3.05) is 13.1 Å². The van der Waals surface area contributed by atoms with Crippen LogP contribution >= 0.6 is 0 Å². The van der Waals surface area contributed by atoms with Crippen molar-refractivity contribution in [2.45, 2.75) is 69.1 Å². The maximum atomic E-state index is 13.6. The van der Waals surface area contributed by atoms with Gasteiger partial charge in [-0.15, -0.1) is 0 Å². The first-order valence-electron chi connectivity index (χ1n) is 12.5. The molecule has 2 aromatic carbocycles. The Balaban J connectivity index is 1.59. The average molecular weight is 547 g/mol. The Labute approximate surface area is 215 Å². The Kier molecular flexibility index (Phi) is 8.09. The van der Waals surface area contributed by atoms with Gasteiger partial charge in [0.2, 0.25) is 5.91 Å². The maximum Gasteiger partial charge on any atom is 0.416 e. The number of likely N-dealkylation sites (tertiary alicyclic amines) is 1. The van der Waals surface area contributed by atoms with Gasteiger partial charge < -0.3 is 15.4 Å². The highest BCUT2D eigenvalue weighted by molar-refractivity contribution is 5.79. The minimum atomic E-state index is -4.97. The molecule has 1 saturated heterocycles. The normalized spacial score (nSPS) is 25.4. The fourth-order valence-corrected chi connectivity index (χ4v) is 5.38. The molecule has 2 fully saturated rings. The Morgan fingerprint density at radius 3 is 2.11 bits per heavy atom. The van der Waals surface area contributed by atoms with Gasteiger partial charge in [-0.1, -0.05) is 12.1 Å². The van der Waals surface area contributed by atoms with Gasteiger partial charge in [0.05, 0.1) is 23.3 Å². The van der Waals surface area contributed by atoms with Crippen LogP contribution in [0, 0.1) is 11.7 Å². The minimum Gasteiger partial charge on any atom is -0.370 e. The van der Waals surface area contributed by atoms with Crippen molar-refractivity contribution >= 4 is 5.91 Å². The van der Waals surface area contributed by atoms with Crippen LogP contribution in [-0.4, -0.2) is 36.0 Å². The van der Waals surface area contributed by atoms with E-state index in [1.165, 1.54) is 19.1 Å². The number of carbonyl (C=O) groups is 1. The first-order valence-corrected chi connectivity index (χ1v) is 12.5. The second-order valence-corrected chi connectivity index (χ2v) is 10.2. The highest BCUT2D eigenvalue weighted by atomic mass is 19.4. The Hall–Kier alpha value is -2.66. The van der Waals surface area contributed by atoms with Gasteiger partial charge in [0.1, 0.15) is 5.82 Å². The van der Waals surface area contributed by atoms with Crippen LogP contribution in [0.3, 0.4) is 0 Å². The first kappa shape index (κ1) is 28.4. The van der Waals surface area contributed by atoms with Crippen LogP contribution in [0.4, 0.5) is 30.7 Å². The third kappa shape index (κ3) is 6.48. The number of nitrogens with zero attached hydrogens (tertiary/aromatic N) is 1. The molecule has 11 heteroatoms. The van der Waals surface area contributed by atoms with Crippen LogP contribution in [0.25, 0.3) is 0 Å². The van der Waals surface area contributed by atoms with E-state index in [1.54, 1.807) is 17.0 Å². The Bertz CT molecular complexity index is 1100. The molecule has 1 amide bonds. The molecule has 1 aliphatic heterocycles. The monoisotopic (exact) mass is 546 g/mol. The second-order valence-electron chi connectivity index (χ2n) is 10.2. The number of carbonyl (C=O) groups excluding carboxylic acids is 1. The Morgan fingerprint density at radius 2 is 1.58 bits per heavy atom. The van der Waals surface area contributed by atoms with Crippen LogP contribution in [0.5, 0.6) is 0 Å². The number of rotatable bonds is 5. The van der Waals surface area contributed by atoms with Crippen LogP contribution in [-0.2, 0) is 21.9 Å². The summed E-state index contributed by atoms with van der Waals surface area (Å²) < 4.78 is 99.9. The molecule has 0 spiro atoms. The number of benzene rings is 2. The highest BCUT2D eigenvalue weighted by Gasteiger charge is 2.40. The largest absolute Gasteiger partial charge is 0.416 e. The summed E-state index contributed by atoms with van der Waals surface area (Å²) in [6.45, 7) is 1.94. The van der Waals surface area contributed by atoms with E-state index in [4.69, 9.17) is 10.5 Å². The van der Waals surface area contributed by atoms with Gasteiger partial charge in [0.25, 0.3) is 0 Å². The zero-order valence-corrected chi connectivity index (χ0v) is 20.7. The van der Waals surface area contributed by atoms with Crippen molar-refractivity contribution in [1.29, 1.82) is 0 Å². The van der Waals surface area contributed by atoms with E-state index in [9.17, 15) is 35.5 Å². The lowest BCUT2D eigenvalue weighted by Crippen LogP contribution is -2.47. The molecule has 0 aromatic heterocycles. The van der Waals surface area contributed by atoms with E-state index >= 15 is 0 Å². The van der Waals surface area contributed by atoms with Gasteiger partial charge in [-0.25, -0.2) is 4.39 Å². The van der Waals surface area contributed by atoms with Crippen LogP contribution < -0.4 is 5.73 Å². The van der Waals surface area contributed by atoms with Crippen molar-refractivity contribution in [3.8, 4) is 0 Å². The summed E-state index contributed by atoms with van der Waals surface area (Å²) in [5.74, 6) is -1.16. The lowest BCUT2D eigenvalue weighted by atomic mass is 9.86. The molecule has 38 heavy (non-hydrogen) atoms. The lowest BCUT2D eigenvalue weighted by molar-refractivity contribution is -0.143. The number of amides is 1. The summed E-state index contributed by atoms with van der Waals surface area (Å²) in [6, 6.07) is 6.98. The van der Waals surface area contributed by atoms with E-state index in [-0.39, 0.29) is 36.0 Å². The van der Waals surface area contributed by atoms with Gasteiger partial charge in [0.15, 0.2) is 0 Å². The molecule has 1 aliphatic carbocycles. The van der Waals surface area contributed by atoms with Crippen molar-refractivity contribution in [1.82, 2.24) is 4.90 Å². The van der Waals surface area contributed by atoms with Gasteiger partial charge in [0, 0.05) is 31.0 Å². The summed E-state index contributed by atoms with van der Waals surface area (Å²) in [5, 5.41) is 0. The number of alkyl halides is 6. The summed E-state index contributed by atoms with van der Waals surface area (Å²) in [5.41, 5.74) is 3.53. The lowest BCUT2D eigenvalue weighted by Gasteiger charge is -2.41. The highest BCUT2D eigenvalue weighted by Crippen LogP contribution is 2.40. The fraction of sp³-hybridized carbons (Fsp3) is 0.519. The van der Waals surface area contributed by atoms with E-state index in [0.717, 1.165) is 6.42 Å². The van der Waals surface area contributed by atoms with Crippen molar-refractivity contribution in [3.63, 3.8) is 0 Å².